The van der Waals surface area contributed by atoms with Gasteiger partial charge in [-0.25, -0.2) is 13.2 Å². The smallest absolute Gasteiger partial charge is 0.319 e. The maximum atomic E-state index is 16.9. The number of pyridine rings is 1. The maximum Gasteiger partial charge on any atom is 0.319 e. The van der Waals surface area contributed by atoms with E-state index in [9.17, 15) is 14.3 Å². The minimum Gasteiger partial charge on any atom is -0.508 e. The standard InChI is InChI=1S/C36H38F3N7O4/c1-44-17-35-8-5-21(43-35)15-45(18-35)33-25-14-40-31(24-12-22(47)11-20-3-4-26(37)29(38)28(20)24)30(39)32(25)41-34(42-33)50-19-36-7-2-9-46(36)16-23(13-36)49-10-6-27(44)48/h3-4,11-12,14,21,23,43,47H,2,5-10,13,15-19H2,1H3/t21-,23+,35-,36+/m0/s1. The van der Waals surface area contributed by atoms with Gasteiger partial charge >= 0.3 is 6.01 Å². The molecule has 2 aromatic carbocycles. The van der Waals surface area contributed by atoms with Gasteiger partial charge in [0.25, 0.3) is 0 Å². The summed E-state index contributed by atoms with van der Waals surface area (Å²) < 4.78 is 59.3. The molecule has 0 unspecified atom stereocenters. The molecule has 0 saturated carbocycles. The van der Waals surface area contributed by atoms with Crippen LogP contribution in [-0.2, 0) is 9.53 Å². The average molecular weight is 690 g/mol. The highest BCUT2D eigenvalue weighted by molar-refractivity contribution is 6.00. The predicted molar refractivity (Wildman–Crippen MR) is 179 cm³/mol. The number of phenolic OH excluding ortho intramolecular Hbond substituents is 1. The van der Waals surface area contributed by atoms with Crippen molar-refractivity contribution in [2.24, 2.45) is 0 Å². The molecule has 2 aromatic heterocycles. The van der Waals surface area contributed by atoms with Gasteiger partial charge < -0.3 is 29.7 Å². The number of nitrogens with one attached hydrogen (secondary N) is 1. The van der Waals surface area contributed by atoms with Gasteiger partial charge in [-0.05, 0) is 62.2 Å². The molecule has 7 heterocycles. The van der Waals surface area contributed by atoms with Gasteiger partial charge in [0.1, 0.15) is 29.4 Å². The fourth-order valence-corrected chi connectivity index (χ4v) is 9.23. The van der Waals surface area contributed by atoms with Crippen LogP contribution >= 0.6 is 0 Å². The molecule has 2 spiro atoms. The van der Waals surface area contributed by atoms with E-state index in [-0.39, 0.29) is 69.5 Å². The lowest BCUT2D eigenvalue weighted by Crippen LogP contribution is -2.64. The first kappa shape index (κ1) is 31.7. The zero-order valence-electron chi connectivity index (χ0n) is 27.7. The van der Waals surface area contributed by atoms with Crippen LogP contribution in [0.4, 0.5) is 19.0 Å². The highest BCUT2D eigenvalue weighted by Crippen LogP contribution is 2.43. The molecule has 4 saturated heterocycles. The van der Waals surface area contributed by atoms with Gasteiger partial charge in [-0.1, -0.05) is 6.07 Å². The molecule has 9 rings (SSSR count). The van der Waals surface area contributed by atoms with E-state index in [2.05, 4.69) is 25.1 Å². The monoisotopic (exact) mass is 689 g/mol. The Labute approximate surface area is 286 Å². The molecule has 0 aliphatic carbocycles. The molecule has 7 bridgehead atoms. The van der Waals surface area contributed by atoms with Crippen LogP contribution in [0.3, 0.4) is 0 Å². The first-order valence-corrected chi connectivity index (χ1v) is 17.3. The van der Waals surface area contributed by atoms with Crippen molar-refractivity contribution in [3.05, 3.63) is 47.9 Å². The number of halogens is 3. The molecule has 14 heteroatoms. The topological polar surface area (TPSA) is 116 Å². The Kier molecular flexibility index (Phi) is 7.38. The van der Waals surface area contributed by atoms with Crippen molar-refractivity contribution < 1.29 is 32.5 Å². The van der Waals surface area contributed by atoms with Crippen LogP contribution in [0.1, 0.15) is 38.5 Å². The number of fused-ring (bicyclic) bond motifs is 9. The number of amides is 1. The highest BCUT2D eigenvalue weighted by atomic mass is 19.2. The number of nitrogens with zero attached hydrogens (tertiary/aromatic N) is 6. The second-order valence-corrected chi connectivity index (χ2v) is 14.8. The van der Waals surface area contributed by atoms with Crippen molar-refractivity contribution in [3.63, 3.8) is 0 Å². The van der Waals surface area contributed by atoms with Crippen LogP contribution in [0.25, 0.3) is 32.9 Å². The van der Waals surface area contributed by atoms with E-state index in [1.54, 1.807) is 4.90 Å². The molecule has 2 N–H and O–H groups in total. The van der Waals surface area contributed by atoms with E-state index in [4.69, 9.17) is 14.5 Å². The number of aromatic nitrogens is 3. The maximum absolute atomic E-state index is 16.9. The summed E-state index contributed by atoms with van der Waals surface area (Å²) in [7, 11) is 1.83. The van der Waals surface area contributed by atoms with E-state index >= 15 is 8.78 Å². The van der Waals surface area contributed by atoms with Crippen LogP contribution in [0.5, 0.6) is 11.8 Å². The van der Waals surface area contributed by atoms with E-state index in [0.29, 0.717) is 43.9 Å². The number of anilines is 1. The number of benzene rings is 2. The van der Waals surface area contributed by atoms with Crippen LogP contribution in [-0.4, -0.2) is 112 Å². The molecule has 4 fully saturated rings. The highest BCUT2D eigenvalue weighted by Gasteiger charge is 2.50. The van der Waals surface area contributed by atoms with Crippen molar-refractivity contribution in [2.45, 2.75) is 61.7 Å². The Morgan fingerprint density at radius 2 is 1.96 bits per heavy atom. The number of carbonyl (C=O) groups excluding carboxylic acids is 1. The number of likely N-dealkylation sites (N-methyl/N-ethyl adjacent to an activating group) is 1. The summed E-state index contributed by atoms with van der Waals surface area (Å²) in [5.41, 5.74) is -1.20. The molecule has 11 nitrogen and oxygen atoms in total. The number of hydrogen-bond acceptors (Lipinski definition) is 10. The molecular weight excluding hydrogens is 651 g/mol. The number of carbonyl (C=O) groups is 1. The third kappa shape index (κ3) is 5.13. The number of hydrogen-bond donors (Lipinski definition) is 2. The first-order valence-electron chi connectivity index (χ1n) is 17.3. The molecule has 4 aromatic rings. The molecule has 50 heavy (non-hydrogen) atoms. The van der Waals surface area contributed by atoms with Gasteiger partial charge in [0.2, 0.25) is 5.91 Å². The van der Waals surface area contributed by atoms with Crippen molar-refractivity contribution in [1.29, 1.82) is 0 Å². The lowest BCUT2D eigenvalue weighted by atomic mass is 9.94. The zero-order valence-corrected chi connectivity index (χ0v) is 27.7. The van der Waals surface area contributed by atoms with Crippen LogP contribution in [0.15, 0.2) is 30.5 Å². The van der Waals surface area contributed by atoms with Crippen LogP contribution in [0, 0.1) is 17.5 Å². The molecule has 0 radical (unpaired) electrons. The summed E-state index contributed by atoms with van der Waals surface area (Å²) in [5.74, 6) is -2.92. The van der Waals surface area contributed by atoms with E-state index in [1.807, 2.05) is 7.05 Å². The van der Waals surface area contributed by atoms with Crippen LogP contribution < -0.4 is 15.0 Å². The van der Waals surface area contributed by atoms with Gasteiger partial charge in [0.05, 0.1) is 35.6 Å². The fraction of sp³-hybridized carbons (Fsp3) is 0.500. The zero-order chi connectivity index (χ0) is 34.4. The Hall–Kier alpha value is -4.27. The molecule has 262 valence electrons. The van der Waals surface area contributed by atoms with Crippen LogP contribution in [0.2, 0.25) is 0 Å². The summed E-state index contributed by atoms with van der Waals surface area (Å²) >= 11 is 0. The Balaban J connectivity index is 1.20. The number of piperazine rings is 1. The summed E-state index contributed by atoms with van der Waals surface area (Å²) in [6.45, 7) is 3.82. The number of ether oxygens (including phenoxy) is 2. The number of aromatic hydroxyl groups is 1. The Bertz CT molecular complexity index is 2050. The Morgan fingerprint density at radius 3 is 2.84 bits per heavy atom. The first-order chi connectivity index (χ1) is 24.1. The van der Waals surface area contributed by atoms with Crippen molar-refractivity contribution >= 4 is 33.4 Å². The summed E-state index contributed by atoms with van der Waals surface area (Å²) in [4.78, 5) is 33.5. The lowest BCUT2D eigenvalue weighted by Gasteiger charge is -2.44. The largest absolute Gasteiger partial charge is 0.508 e. The Morgan fingerprint density at radius 1 is 1.08 bits per heavy atom. The number of rotatable bonds is 1. The van der Waals surface area contributed by atoms with Crippen molar-refractivity contribution in [1.82, 2.24) is 30.1 Å². The third-order valence-electron chi connectivity index (χ3n) is 11.5. The normalized spacial score (nSPS) is 28.7. The van der Waals surface area contributed by atoms with E-state index in [1.165, 1.54) is 24.4 Å². The molecule has 5 aliphatic rings. The quantitative estimate of drug-likeness (QED) is 0.302. The minimum atomic E-state index is -1.17. The summed E-state index contributed by atoms with van der Waals surface area (Å²) in [6, 6.07) is 4.87. The van der Waals surface area contributed by atoms with Gasteiger partial charge in [0, 0.05) is 56.4 Å². The minimum absolute atomic E-state index is 0.00340. The van der Waals surface area contributed by atoms with Crippen molar-refractivity contribution in [2.75, 3.05) is 57.9 Å². The van der Waals surface area contributed by atoms with Gasteiger partial charge in [0.15, 0.2) is 17.5 Å². The van der Waals surface area contributed by atoms with Gasteiger partial charge in [-0.3, -0.25) is 14.7 Å². The number of phenols is 1. The fourth-order valence-electron chi connectivity index (χ4n) is 9.23. The molecule has 1 amide bonds. The van der Waals surface area contributed by atoms with E-state index in [0.717, 1.165) is 51.3 Å². The average Bonchev–Trinajstić information content (AvgIpc) is 3.74. The van der Waals surface area contributed by atoms with E-state index < -0.39 is 23.0 Å². The second kappa shape index (κ2) is 11.6. The summed E-state index contributed by atoms with van der Waals surface area (Å²) in [5, 5.41) is 14.6. The second-order valence-electron chi connectivity index (χ2n) is 14.8. The molecule has 5 aliphatic heterocycles. The van der Waals surface area contributed by atoms with Gasteiger partial charge in [-0.2, -0.15) is 9.97 Å². The van der Waals surface area contributed by atoms with Gasteiger partial charge in [-0.15, -0.1) is 0 Å². The molecular formula is C36H38F3N7O4. The molecule has 4 atom stereocenters. The lowest BCUT2D eigenvalue weighted by molar-refractivity contribution is -0.132. The van der Waals surface area contributed by atoms with Crippen molar-refractivity contribution in [3.8, 4) is 23.0 Å². The summed E-state index contributed by atoms with van der Waals surface area (Å²) in [6.07, 6.45) is 6.08. The SMILES string of the molecule is CN1C[C@@]23CC[C@@H](CN(C2)c2nc(nc4c(F)c(-c5cc(O)cc6ccc(F)c(F)c56)ncc24)OC[C@]24CCCN2C[C@@H](C4)OCCC1=O)N3. The predicted octanol–water partition coefficient (Wildman–Crippen LogP) is 4.14. The third-order valence-corrected chi connectivity index (χ3v) is 11.5.